The van der Waals surface area contributed by atoms with Gasteiger partial charge in [-0.2, -0.15) is 0 Å². The Morgan fingerprint density at radius 2 is 1.77 bits per heavy atom. The van der Waals surface area contributed by atoms with Crippen LogP contribution in [-0.4, -0.2) is 9.95 Å². The summed E-state index contributed by atoms with van der Waals surface area (Å²) < 4.78 is 6.86. The van der Waals surface area contributed by atoms with E-state index in [9.17, 15) is 0 Å². The lowest BCUT2D eigenvalue weighted by Crippen LogP contribution is -1.93. The van der Waals surface area contributed by atoms with Gasteiger partial charge in [-0.3, -0.25) is 0 Å². The highest BCUT2D eigenvalue weighted by Gasteiger charge is 2.19. The van der Waals surface area contributed by atoms with Crippen molar-refractivity contribution in [2.24, 2.45) is 0 Å². The third-order valence-corrected chi connectivity index (χ3v) is 5.04. The van der Waals surface area contributed by atoms with Crippen molar-refractivity contribution in [3.05, 3.63) is 58.1 Å². The Bertz CT molecular complexity index is 838. The van der Waals surface area contributed by atoms with Crippen LogP contribution in [0.1, 0.15) is 12.5 Å². The summed E-state index contributed by atoms with van der Waals surface area (Å²) in [6, 6.07) is 13.2. The highest BCUT2D eigenvalue weighted by Crippen LogP contribution is 2.37. The number of thioether (sulfide) groups is 1. The molecule has 0 aliphatic carbocycles. The lowest BCUT2D eigenvalue weighted by Gasteiger charge is -2.04. The molecule has 0 saturated carbocycles. The molecule has 0 atom stereocenters. The van der Waals surface area contributed by atoms with Crippen LogP contribution in [-0.2, 0) is 0 Å². The molecule has 22 heavy (non-hydrogen) atoms. The predicted molar refractivity (Wildman–Crippen MR) is 102 cm³/mol. The third kappa shape index (κ3) is 3.04. The average molecular weight is 367 g/mol. The van der Waals surface area contributed by atoms with Gasteiger partial charge in [0.15, 0.2) is 0 Å². The summed E-state index contributed by atoms with van der Waals surface area (Å²) >= 11 is 19.3. The lowest BCUT2D eigenvalue weighted by atomic mass is 10.1. The van der Waals surface area contributed by atoms with Crippen LogP contribution in [0.4, 0.5) is 0 Å². The fourth-order valence-corrected chi connectivity index (χ4v) is 3.74. The Kier molecular flexibility index (Phi) is 4.79. The number of fused-ring (bicyclic) bond motifs is 1. The van der Waals surface area contributed by atoms with Crippen molar-refractivity contribution >= 4 is 62.3 Å². The van der Waals surface area contributed by atoms with E-state index in [1.54, 1.807) is 11.8 Å². The number of benzene rings is 2. The van der Waals surface area contributed by atoms with Gasteiger partial charge in [0.25, 0.3) is 0 Å². The number of thiocarbonyl (C=S) groups is 1. The second-order valence-electron chi connectivity index (χ2n) is 4.67. The summed E-state index contributed by atoms with van der Waals surface area (Å²) in [5.41, 5.74) is 2.66. The van der Waals surface area contributed by atoms with Crippen LogP contribution in [0.25, 0.3) is 22.3 Å². The van der Waals surface area contributed by atoms with Crippen LogP contribution < -0.4 is 0 Å². The normalized spacial score (nSPS) is 11.0. The van der Waals surface area contributed by atoms with Gasteiger partial charge in [0.2, 0.25) is 0 Å². The molecule has 0 aliphatic rings. The average Bonchev–Trinajstić information content (AvgIpc) is 2.86. The van der Waals surface area contributed by atoms with Gasteiger partial charge < -0.3 is 4.42 Å². The summed E-state index contributed by atoms with van der Waals surface area (Å²) in [6.07, 6.45) is 0. The van der Waals surface area contributed by atoms with Crippen LogP contribution in [0.2, 0.25) is 10.0 Å². The summed E-state index contributed by atoms with van der Waals surface area (Å²) in [5.74, 6) is 1.67. The number of rotatable bonds is 3. The van der Waals surface area contributed by atoms with E-state index in [2.05, 4.69) is 6.92 Å². The van der Waals surface area contributed by atoms with Crippen molar-refractivity contribution in [1.29, 1.82) is 0 Å². The monoisotopic (exact) mass is 366 g/mol. The highest BCUT2D eigenvalue weighted by molar-refractivity contribution is 8.23. The minimum absolute atomic E-state index is 0.668. The molecule has 1 heterocycles. The van der Waals surface area contributed by atoms with Crippen LogP contribution in [0, 0.1) is 0 Å². The first kappa shape index (κ1) is 15.9. The largest absolute Gasteiger partial charge is 0.455 e. The van der Waals surface area contributed by atoms with Gasteiger partial charge in [-0.1, -0.05) is 42.3 Å². The van der Waals surface area contributed by atoms with Gasteiger partial charge in [-0.15, -0.1) is 11.8 Å². The summed E-state index contributed by atoms with van der Waals surface area (Å²) in [4.78, 5) is 0. The van der Waals surface area contributed by atoms with Gasteiger partial charge in [-0.25, -0.2) is 0 Å². The van der Waals surface area contributed by atoms with E-state index >= 15 is 0 Å². The Morgan fingerprint density at radius 3 is 2.45 bits per heavy atom. The summed E-state index contributed by atoms with van der Waals surface area (Å²) in [7, 11) is 0. The SMILES string of the molecule is CCSC(=S)c1c(-c2ccc(Cl)cc2)oc2ccc(Cl)cc12. The summed E-state index contributed by atoms with van der Waals surface area (Å²) in [6.45, 7) is 2.08. The maximum atomic E-state index is 6.14. The van der Waals surface area contributed by atoms with E-state index in [0.717, 1.165) is 37.8 Å². The van der Waals surface area contributed by atoms with E-state index in [4.69, 9.17) is 39.8 Å². The van der Waals surface area contributed by atoms with Crippen molar-refractivity contribution < 1.29 is 4.42 Å². The molecular weight excluding hydrogens is 355 g/mol. The van der Waals surface area contributed by atoms with Gasteiger partial charge in [-0.05, 0) is 48.2 Å². The minimum atomic E-state index is 0.668. The number of hydrogen-bond acceptors (Lipinski definition) is 3. The van der Waals surface area contributed by atoms with E-state index < -0.39 is 0 Å². The fourth-order valence-electron chi connectivity index (χ4n) is 2.28. The van der Waals surface area contributed by atoms with Gasteiger partial charge >= 0.3 is 0 Å². The maximum absolute atomic E-state index is 6.14. The molecule has 0 unspecified atom stereocenters. The van der Waals surface area contributed by atoms with Crippen LogP contribution in [0.15, 0.2) is 46.9 Å². The zero-order valence-corrected chi connectivity index (χ0v) is 14.9. The second kappa shape index (κ2) is 6.63. The molecule has 0 fully saturated rings. The first-order valence-electron chi connectivity index (χ1n) is 6.75. The van der Waals surface area contributed by atoms with Crippen molar-refractivity contribution in [3.8, 4) is 11.3 Å². The first-order chi connectivity index (χ1) is 10.6. The van der Waals surface area contributed by atoms with Gasteiger partial charge in [0, 0.05) is 21.0 Å². The highest BCUT2D eigenvalue weighted by atomic mass is 35.5. The predicted octanol–water partition coefficient (Wildman–Crippen LogP) is 6.84. The molecule has 0 saturated heterocycles. The van der Waals surface area contributed by atoms with Crippen LogP contribution in [0.5, 0.6) is 0 Å². The molecule has 0 N–H and O–H groups in total. The molecule has 3 rings (SSSR count). The van der Waals surface area contributed by atoms with Crippen molar-refractivity contribution in [3.63, 3.8) is 0 Å². The molecular formula is C17H12Cl2OS2. The Labute approximate surface area is 148 Å². The molecule has 0 amide bonds. The number of hydrogen-bond donors (Lipinski definition) is 0. The standard InChI is InChI=1S/C17H12Cl2OS2/c1-2-22-17(21)15-13-9-12(19)7-8-14(13)20-16(15)10-3-5-11(18)6-4-10/h3-9H,2H2,1H3. The summed E-state index contributed by atoms with van der Waals surface area (Å²) in [5, 5.41) is 2.31. The minimum Gasteiger partial charge on any atom is -0.455 e. The molecule has 112 valence electrons. The van der Waals surface area contributed by atoms with E-state index in [-0.39, 0.29) is 0 Å². The van der Waals surface area contributed by atoms with Crippen molar-refractivity contribution in [1.82, 2.24) is 0 Å². The van der Waals surface area contributed by atoms with E-state index in [0.29, 0.717) is 10.0 Å². The number of halogens is 2. The van der Waals surface area contributed by atoms with Crippen LogP contribution >= 0.6 is 47.2 Å². The fraction of sp³-hybridized carbons (Fsp3) is 0.118. The molecule has 2 aromatic carbocycles. The zero-order chi connectivity index (χ0) is 15.7. The smallest absolute Gasteiger partial charge is 0.144 e. The number of furan rings is 1. The maximum Gasteiger partial charge on any atom is 0.144 e. The first-order valence-corrected chi connectivity index (χ1v) is 8.90. The van der Waals surface area contributed by atoms with E-state index in [1.807, 2.05) is 42.5 Å². The molecule has 1 aromatic heterocycles. The molecule has 0 radical (unpaired) electrons. The van der Waals surface area contributed by atoms with Crippen molar-refractivity contribution in [2.75, 3.05) is 5.75 Å². The Hall–Kier alpha value is -1.00. The van der Waals surface area contributed by atoms with Crippen molar-refractivity contribution in [2.45, 2.75) is 6.92 Å². The third-order valence-electron chi connectivity index (χ3n) is 3.24. The Morgan fingerprint density at radius 1 is 1.09 bits per heavy atom. The molecule has 5 heteroatoms. The molecule has 0 aliphatic heterocycles. The lowest BCUT2D eigenvalue weighted by molar-refractivity contribution is 0.631. The second-order valence-corrected chi connectivity index (χ2v) is 7.49. The van der Waals surface area contributed by atoms with Crippen LogP contribution in [0.3, 0.4) is 0 Å². The molecule has 1 nitrogen and oxygen atoms in total. The zero-order valence-electron chi connectivity index (χ0n) is 11.7. The van der Waals surface area contributed by atoms with Gasteiger partial charge in [0.05, 0.1) is 9.76 Å². The quantitative estimate of drug-likeness (QED) is 0.471. The Balaban J connectivity index is 2.26. The van der Waals surface area contributed by atoms with E-state index in [1.165, 1.54) is 0 Å². The molecule has 3 aromatic rings. The molecule has 0 spiro atoms. The molecule has 0 bridgehead atoms. The topological polar surface area (TPSA) is 13.1 Å². The van der Waals surface area contributed by atoms with Gasteiger partial charge in [0.1, 0.15) is 11.3 Å².